The molecule has 1 fully saturated rings. The average molecular weight is 290 g/mol. The van der Waals surface area contributed by atoms with Crippen LogP contribution < -0.4 is 10.6 Å². The molecule has 1 aliphatic rings. The van der Waals surface area contributed by atoms with Crippen molar-refractivity contribution in [2.45, 2.75) is 51.6 Å². The highest BCUT2D eigenvalue weighted by Crippen LogP contribution is 2.32. The van der Waals surface area contributed by atoms with E-state index in [1.165, 1.54) is 13.3 Å². The quantitative estimate of drug-likeness (QED) is 0.781. The summed E-state index contributed by atoms with van der Waals surface area (Å²) in [6.45, 7) is 4.59. The lowest BCUT2D eigenvalue weighted by molar-refractivity contribution is -0.114. The van der Waals surface area contributed by atoms with E-state index in [2.05, 4.69) is 17.6 Å². The number of anilines is 1. The molecule has 1 aromatic rings. The van der Waals surface area contributed by atoms with Crippen LogP contribution in [0.3, 0.4) is 0 Å². The molecular weight excluding hydrogens is 264 g/mol. The summed E-state index contributed by atoms with van der Waals surface area (Å²) in [6.07, 6.45) is 4.41. The highest BCUT2D eigenvalue weighted by atomic mass is 16.3. The summed E-state index contributed by atoms with van der Waals surface area (Å²) in [5, 5.41) is 16.2. The van der Waals surface area contributed by atoms with Crippen LogP contribution in [0.2, 0.25) is 0 Å². The van der Waals surface area contributed by atoms with E-state index in [1.807, 2.05) is 24.3 Å². The lowest BCUT2D eigenvalue weighted by atomic mass is 9.76. The first kappa shape index (κ1) is 16.0. The summed E-state index contributed by atoms with van der Waals surface area (Å²) >= 11 is 0. The number of hydrogen-bond donors (Lipinski definition) is 3. The molecule has 1 aromatic carbocycles. The third kappa shape index (κ3) is 4.29. The fourth-order valence-electron chi connectivity index (χ4n) is 3.29. The van der Waals surface area contributed by atoms with Crippen LogP contribution in [0.25, 0.3) is 0 Å². The van der Waals surface area contributed by atoms with E-state index < -0.39 is 0 Å². The van der Waals surface area contributed by atoms with Crippen molar-refractivity contribution in [2.24, 2.45) is 5.92 Å². The van der Waals surface area contributed by atoms with Crippen LogP contribution in [0.1, 0.15) is 45.1 Å². The second-order valence-corrected chi connectivity index (χ2v) is 6.33. The van der Waals surface area contributed by atoms with Gasteiger partial charge in [0.1, 0.15) is 0 Å². The van der Waals surface area contributed by atoms with Gasteiger partial charge in [0.25, 0.3) is 0 Å². The molecule has 4 heteroatoms. The predicted octanol–water partition coefficient (Wildman–Crippen LogP) is 2.68. The number of benzene rings is 1. The number of hydrogen-bond acceptors (Lipinski definition) is 3. The SMILES string of the molecule is CC(=O)Nc1ccccc1CNC1(CO)CCCC(C)C1. The zero-order valence-electron chi connectivity index (χ0n) is 13.0. The number of rotatable bonds is 5. The van der Waals surface area contributed by atoms with Crippen molar-refractivity contribution < 1.29 is 9.90 Å². The Morgan fingerprint density at radius 1 is 1.43 bits per heavy atom. The smallest absolute Gasteiger partial charge is 0.221 e. The fourth-order valence-corrected chi connectivity index (χ4v) is 3.29. The molecule has 1 amide bonds. The van der Waals surface area contributed by atoms with E-state index in [4.69, 9.17) is 0 Å². The van der Waals surface area contributed by atoms with Crippen LogP contribution in [0.5, 0.6) is 0 Å². The minimum absolute atomic E-state index is 0.0642. The van der Waals surface area contributed by atoms with Crippen LogP contribution in [0.15, 0.2) is 24.3 Å². The van der Waals surface area contributed by atoms with Crippen LogP contribution >= 0.6 is 0 Å². The average Bonchev–Trinajstić information content (AvgIpc) is 2.46. The number of amides is 1. The van der Waals surface area contributed by atoms with Gasteiger partial charge in [0.2, 0.25) is 5.91 Å². The highest BCUT2D eigenvalue weighted by Gasteiger charge is 2.33. The molecule has 1 aliphatic carbocycles. The highest BCUT2D eigenvalue weighted by molar-refractivity contribution is 5.89. The minimum atomic E-state index is -0.180. The Bertz CT molecular complexity index is 489. The van der Waals surface area contributed by atoms with Gasteiger partial charge in [-0.2, -0.15) is 0 Å². The number of carbonyl (C=O) groups is 1. The van der Waals surface area contributed by atoms with Gasteiger partial charge in [-0.3, -0.25) is 4.79 Å². The number of nitrogens with one attached hydrogen (secondary N) is 2. The number of para-hydroxylation sites is 1. The molecule has 4 nitrogen and oxygen atoms in total. The molecule has 0 aromatic heterocycles. The molecule has 21 heavy (non-hydrogen) atoms. The Morgan fingerprint density at radius 3 is 2.86 bits per heavy atom. The van der Waals surface area contributed by atoms with Crippen molar-refractivity contribution >= 4 is 11.6 Å². The van der Waals surface area contributed by atoms with Crippen molar-refractivity contribution in [3.8, 4) is 0 Å². The maximum atomic E-state index is 11.3. The Morgan fingerprint density at radius 2 is 2.19 bits per heavy atom. The molecule has 2 unspecified atom stereocenters. The number of carbonyl (C=O) groups excluding carboxylic acids is 1. The Kier molecular flexibility index (Phi) is 5.37. The molecule has 0 spiro atoms. The Balaban J connectivity index is 2.06. The van der Waals surface area contributed by atoms with Gasteiger partial charge in [0, 0.05) is 24.7 Å². The molecular formula is C17H26N2O2. The molecule has 2 rings (SSSR count). The van der Waals surface area contributed by atoms with E-state index in [0.717, 1.165) is 30.5 Å². The van der Waals surface area contributed by atoms with E-state index in [0.29, 0.717) is 12.5 Å². The van der Waals surface area contributed by atoms with E-state index in [9.17, 15) is 9.90 Å². The summed E-state index contributed by atoms with van der Waals surface area (Å²) in [7, 11) is 0. The summed E-state index contributed by atoms with van der Waals surface area (Å²) in [5.74, 6) is 0.578. The molecule has 1 saturated carbocycles. The molecule has 2 atom stereocenters. The van der Waals surface area contributed by atoms with Crippen molar-refractivity contribution in [3.63, 3.8) is 0 Å². The van der Waals surface area contributed by atoms with Gasteiger partial charge >= 0.3 is 0 Å². The number of aliphatic hydroxyl groups is 1. The summed E-state index contributed by atoms with van der Waals surface area (Å²) in [4.78, 5) is 11.3. The summed E-state index contributed by atoms with van der Waals surface area (Å²) < 4.78 is 0. The maximum absolute atomic E-state index is 11.3. The van der Waals surface area contributed by atoms with Crippen molar-refractivity contribution in [2.75, 3.05) is 11.9 Å². The Labute approximate surface area is 126 Å². The molecule has 3 N–H and O–H groups in total. The van der Waals surface area contributed by atoms with Gasteiger partial charge in [-0.25, -0.2) is 0 Å². The summed E-state index contributed by atoms with van der Waals surface area (Å²) in [5.41, 5.74) is 1.72. The topological polar surface area (TPSA) is 61.4 Å². The molecule has 0 heterocycles. The van der Waals surface area contributed by atoms with Gasteiger partial charge in [-0.1, -0.05) is 38.0 Å². The van der Waals surface area contributed by atoms with Crippen LogP contribution in [0.4, 0.5) is 5.69 Å². The molecule has 0 aliphatic heterocycles. The van der Waals surface area contributed by atoms with Crippen molar-refractivity contribution in [1.29, 1.82) is 0 Å². The van der Waals surface area contributed by atoms with Gasteiger partial charge in [-0.05, 0) is 30.4 Å². The largest absolute Gasteiger partial charge is 0.394 e. The third-order valence-corrected chi connectivity index (χ3v) is 4.38. The standard InChI is InChI=1S/C17H26N2O2/c1-13-6-5-9-17(10-13,12-20)18-11-15-7-3-4-8-16(15)19-14(2)21/h3-4,7-8,13,18,20H,5-6,9-12H2,1-2H3,(H,19,21). The molecule has 0 bridgehead atoms. The molecule has 116 valence electrons. The van der Waals surface area contributed by atoms with Gasteiger partial charge in [0.15, 0.2) is 0 Å². The minimum Gasteiger partial charge on any atom is -0.394 e. The van der Waals surface area contributed by atoms with Gasteiger partial charge in [-0.15, -0.1) is 0 Å². The predicted molar refractivity (Wildman–Crippen MR) is 85.0 cm³/mol. The van der Waals surface area contributed by atoms with Crippen molar-refractivity contribution in [3.05, 3.63) is 29.8 Å². The van der Waals surface area contributed by atoms with E-state index >= 15 is 0 Å². The van der Waals surface area contributed by atoms with Crippen LogP contribution in [0, 0.1) is 5.92 Å². The number of aliphatic hydroxyl groups excluding tert-OH is 1. The normalized spacial score (nSPS) is 25.6. The lowest BCUT2D eigenvalue weighted by Gasteiger charge is -2.39. The fraction of sp³-hybridized carbons (Fsp3) is 0.588. The first-order chi connectivity index (χ1) is 10.0. The monoisotopic (exact) mass is 290 g/mol. The Hall–Kier alpha value is -1.39. The second kappa shape index (κ2) is 7.05. The zero-order valence-corrected chi connectivity index (χ0v) is 13.0. The zero-order chi connectivity index (χ0) is 15.3. The van der Waals surface area contributed by atoms with E-state index in [-0.39, 0.29) is 18.1 Å². The maximum Gasteiger partial charge on any atom is 0.221 e. The third-order valence-electron chi connectivity index (χ3n) is 4.38. The molecule has 0 saturated heterocycles. The van der Waals surface area contributed by atoms with Crippen LogP contribution in [-0.2, 0) is 11.3 Å². The van der Waals surface area contributed by atoms with Gasteiger partial charge in [0.05, 0.1) is 6.61 Å². The van der Waals surface area contributed by atoms with E-state index in [1.54, 1.807) is 0 Å². The lowest BCUT2D eigenvalue weighted by Crippen LogP contribution is -2.51. The van der Waals surface area contributed by atoms with Crippen LogP contribution in [-0.4, -0.2) is 23.2 Å². The van der Waals surface area contributed by atoms with Crippen molar-refractivity contribution in [1.82, 2.24) is 5.32 Å². The first-order valence-electron chi connectivity index (χ1n) is 7.76. The summed E-state index contributed by atoms with van der Waals surface area (Å²) in [6, 6.07) is 7.81. The van der Waals surface area contributed by atoms with Gasteiger partial charge < -0.3 is 15.7 Å². The first-order valence-corrected chi connectivity index (χ1v) is 7.76. The second-order valence-electron chi connectivity index (χ2n) is 6.33. The molecule has 0 radical (unpaired) electrons.